The summed E-state index contributed by atoms with van der Waals surface area (Å²) < 4.78 is 16.8. The van der Waals surface area contributed by atoms with E-state index in [9.17, 15) is 4.79 Å². The van der Waals surface area contributed by atoms with Crippen LogP contribution >= 0.6 is 11.6 Å². The van der Waals surface area contributed by atoms with E-state index >= 15 is 0 Å². The summed E-state index contributed by atoms with van der Waals surface area (Å²) in [7, 11) is 0. The molecule has 2 aliphatic rings. The molecule has 1 aromatic heterocycles. The van der Waals surface area contributed by atoms with Crippen LogP contribution in [-0.2, 0) is 9.47 Å². The van der Waals surface area contributed by atoms with Gasteiger partial charge in [0.05, 0.1) is 19.8 Å². The second kappa shape index (κ2) is 7.84. The number of carbonyl (C=O) groups excluding carboxylic acids is 1. The second-order valence-electron chi connectivity index (χ2n) is 5.83. The van der Waals surface area contributed by atoms with Crippen LogP contribution in [0.15, 0.2) is 18.5 Å². The molecule has 0 aromatic carbocycles. The average Bonchev–Trinajstić information content (AvgIpc) is 2.58. The SMILES string of the molecule is O=C(OC1CCOCC1)N1CCC[C@H](Oc2ccncc2Cl)C1. The predicted molar refractivity (Wildman–Crippen MR) is 84.8 cm³/mol. The molecule has 3 heterocycles. The van der Waals surface area contributed by atoms with Gasteiger partial charge in [0.15, 0.2) is 0 Å². The van der Waals surface area contributed by atoms with Gasteiger partial charge in [0.2, 0.25) is 0 Å². The highest BCUT2D eigenvalue weighted by atomic mass is 35.5. The molecule has 0 N–H and O–H groups in total. The molecule has 0 unspecified atom stereocenters. The number of hydrogen-bond acceptors (Lipinski definition) is 5. The maximum atomic E-state index is 12.3. The molecule has 0 bridgehead atoms. The highest BCUT2D eigenvalue weighted by Gasteiger charge is 2.28. The highest BCUT2D eigenvalue weighted by Crippen LogP contribution is 2.26. The number of aromatic nitrogens is 1. The number of pyridine rings is 1. The van der Waals surface area contributed by atoms with Gasteiger partial charge in [0.1, 0.15) is 23.0 Å². The summed E-state index contributed by atoms with van der Waals surface area (Å²) in [5, 5.41) is 0.481. The molecule has 1 aromatic rings. The van der Waals surface area contributed by atoms with Crippen LogP contribution < -0.4 is 4.74 Å². The van der Waals surface area contributed by atoms with Gasteiger partial charge in [-0.15, -0.1) is 0 Å². The number of halogens is 1. The molecule has 2 fully saturated rings. The van der Waals surface area contributed by atoms with Crippen molar-refractivity contribution < 1.29 is 19.0 Å². The fourth-order valence-electron chi connectivity index (χ4n) is 2.85. The Bertz CT molecular complexity index is 537. The summed E-state index contributed by atoms with van der Waals surface area (Å²) in [5.41, 5.74) is 0. The van der Waals surface area contributed by atoms with E-state index in [2.05, 4.69) is 4.98 Å². The molecule has 1 amide bonds. The number of rotatable bonds is 3. The van der Waals surface area contributed by atoms with Crippen LogP contribution in [-0.4, -0.2) is 54.5 Å². The molecule has 0 aliphatic carbocycles. The summed E-state index contributed by atoms with van der Waals surface area (Å²) in [6, 6.07) is 1.74. The molecule has 1 atom stereocenters. The zero-order chi connectivity index (χ0) is 16.1. The molecule has 7 heteroatoms. The zero-order valence-electron chi connectivity index (χ0n) is 12.9. The van der Waals surface area contributed by atoms with Crippen LogP contribution in [0.3, 0.4) is 0 Å². The second-order valence-corrected chi connectivity index (χ2v) is 6.24. The molecule has 6 nitrogen and oxygen atoms in total. The lowest BCUT2D eigenvalue weighted by Gasteiger charge is -2.33. The first-order valence-corrected chi connectivity index (χ1v) is 8.39. The lowest BCUT2D eigenvalue weighted by Crippen LogP contribution is -2.45. The van der Waals surface area contributed by atoms with Gasteiger partial charge in [-0.1, -0.05) is 11.6 Å². The highest BCUT2D eigenvalue weighted by molar-refractivity contribution is 6.31. The van der Waals surface area contributed by atoms with E-state index in [0.717, 1.165) is 25.7 Å². The first kappa shape index (κ1) is 16.3. The third-order valence-corrected chi connectivity index (χ3v) is 4.38. The smallest absolute Gasteiger partial charge is 0.410 e. The topological polar surface area (TPSA) is 60.9 Å². The minimum absolute atomic E-state index is 0.0350. The summed E-state index contributed by atoms with van der Waals surface area (Å²) in [5.74, 6) is 0.603. The number of carbonyl (C=O) groups is 1. The summed E-state index contributed by atoms with van der Waals surface area (Å²) in [6.07, 6.45) is 6.14. The van der Waals surface area contributed by atoms with Crippen LogP contribution in [0.25, 0.3) is 0 Å². The molecule has 2 saturated heterocycles. The molecule has 126 valence electrons. The van der Waals surface area contributed by atoms with Gasteiger partial charge in [-0.3, -0.25) is 4.98 Å². The first-order chi connectivity index (χ1) is 11.2. The van der Waals surface area contributed by atoms with Crippen molar-refractivity contribution in [1.82, 2.24) is 9.88 Å². The summed E-state index contributed by atoms with van der Waals surface area (Å²) in [6.45, 7) is 2.53. The van der Waals surface area contributed by atoms with Gasteiger partial charge in [-0.05, 0) is 12.8 Å². The van der Waals surface area contributed by atoms with Gasteiger partial charge in [0, 0.05) is 37.8 Å². The van der Waals surface area contributed by atoms with Crippen molar-refractivity contribution in [2.75, 3.05) is 26.3 Å². The fourth-order valence-corrected chi connectivity index (χ4v) is 3.01. The van der Waals surface area contributed by atoms with E-state index in [-0.39, 0.29) is 18.3 Å². The normalized spacial score (nSPS) is 22.7. The number of likely N-dealkylation sites (tertiary alicyclic amines) is 1. The van der Waals surface area contributed by atoms with Crippen molar-refractivity contribution in [1.29, 1.82) is 0 Å². The first-order valence-electron chi connectivity index (χ1n) is 8.02. The van der Waals surface area contributed by atoms with Crippen LogP contribution in [0.1, 0.15) is 25.7 Å². The van der Waals surface area contributed by atoms with Gasteiger partial charge in [-0.2, -0.15) is 0 Å². The minimum atomic E-state index is -0.258. The minimum Gasteiger partial charge on any atom is -0.487 e. The Hall–Kier alpha value is -1.53. The van der Waals surface area contributed by atoms with E-state index in [0.29, 0.717) is 37.1 Å². The van der Waals surface area contributed by atoms with Crippen molar-refractivity contribution in [3.05, 3.63) is 23.5 Å². The van der Waals surface area contributed by atoms with Crippen LogP contribution in [0, 0.1) is 0 Å². The average molecular weight is 341 g/mol. The standard InChI is InChI=1S/C16H21ClN2O4/c17-14-10-18-6-3-15(14)22-13-2-1-7-19(11-13)16(20)23-12-4-8-21-9-5-12/h3,6,10,12-13H,1-2,4-5,7-9,11H2/t13-/m0/s1. The Morgan fingerprint density at radius 1 is 1.30 bits per heavy atom. The van der Waals surface area contributed by atoms with Crippen molar-refractivity contribution in [3.63, 3.8) is 0 Å². The van der Waals surface area contributed by atoms with Crippen molar-refractivity contribution >= 4 is 17.7 Å². The molecule has 23 heavy (non-hydrogen) atoms. The van der Waals surface area contributed by atoms with E-state index in [1.807, 2.05) is 0 Å². The Kier molecular flexibility index (Phi) is 5.56. The fraction of sp³-hybridized carbons (Fsp3) is 0.625. The van der Waals surface area contributed by atoms with Crippen molar-refractivity contribution in [2.24, 2.45) is 0 Å². The van der Waals surface area contributed by atoms with Crippen LogP contribution in [0.4, 0.5) is 4.79 Å². The Labute approximate surface area is 140 Å². The van der Waals surface area contributed by atoms with E-state index in [4.69, 9.17) is 25.8 Å². The summed E-state index contributed by atoms with van der Waals surface area (Å²) in [4.78, 5) is 18.0. The lowest BCUT2D eigenvalue weighted by atomic mass is 10.1. The molecule has 3 rings (SSSR count). The maximum absolute atomic E-state index is 12.3. The van der Waals surface area contributed by atoms with Gasteiger partial charge in [0.25, 0.3) is 0 Å². The third-order valence-electron chi connectivity index (χ3n) is 4.10. The van der Waals surface area contributed by atoms with Gasteiger partial charge in [-0.25, -0.2) is 4.79 Å². The van der Waals surface area contributed by atoms with Crippen molar-refractivity contribution in [2.45, 2.75) is 37.9 Å². The largest absolute Gasteiger partial charge is 0.487 e. The van der Waals surface area contributed by atoms with Crippen LogP contribution in [0.2, 0.25) is 5.02 Å². The Morgan fingerprint density at radius 2 is 2.13 bits per heavy atom. The van der Waals surface area contributed by atoms with Crippen molar-refractivity contribution in [3.8, 4) is 5.75 Å². The Morgan fingerprint density at radius 3 is 2.91 bits per heavy atom. The maximum Gasteiger partial charge on any atom is 0.410 e. The zero-order valence-corrected chi connectivity index (χ0v) is 13.7. The molecule has 0 spiro atoms. The number of nitrogens with zero attached hydrogens (tertiary/aromatic N) is 2. The lowest BCUT2D eigenvalue weighted by molar-refractivity contribution is -0.0172. The van der Waals surface area contributed by atoms with Crippen LogP contribution in [0.5, 0.6) is 5.75 Å². The molecular weight excluding hydrogens is 320 g/mol. The number of amides is 1. The number of piperidine rings is 1. The quantitative estimate of drug-likeness (QED) is 0.846. The van der Waals surface area contributed by atoms with E-state index in [1.54, 1.807) is 23.4 Å². The monoisotopic (exact) mass is 340 g/mol. The van der Waals surface area contributed by atoms with E-state index in [1.165, 1.54) is 0 Å². The number of hydrogen-bond donors (Lipinski definition) is 0. The third kappa shape index (κ3) is 4.48. The molecule has 2 aliphatic heterocycles. The van der Waals surface area contributed by atoms with Gasteiger partial charge < -0.3 is 19.1 Å². The van der Waals surface area contributed by atoms with Gasteiger partial charge >= 0.3 is 6.09 Å². The molecule has 0 saturated carbocycles. The predicted octanol–water partition coefficient (Wildman–Crippen LogP) is 2.89. The summed E-state index contributed by atoms with van der Waals surface area (Å²) >= 11 is 6.07. The molecular formula is C16H21ClN2O4. The molecule has 0 radical (unpaired) electrons. The van der Waals surface area contributed by atoms with E-state index < -0.39 is 0 Å². The number of ether oxygens (including phenoxy) is 3. The Balaban J connectivity index is 1.53.